The van der Waals surface area contributed by atoms with Gasteiger partial charge in [0.05, 0.1) is 0 Å². The molecule has 0 aromatic heterocycles. The molecule has 3 nitrogen and oxygen atoms in total. The molecule has 0 atom stereocenters. The smallest absolute Gasteiger partial charge is 0.289 e. The number of rotatable bonds is 3. The van der Waals surface area contributed by atoms with Crippen LogP contribution in [0.3, 0.4) is 0 Å². The molecule has 0 unspecified atom stereocenters. The Bertz CT molecular complexity index is 143. The molecule has 0 aliphatic carbocycles. The van der Waals surface area contributed by atoms with Gasteiger partial charge >= 0.3 is 0 Å². The maximum Gasteiger partial charge on any atom is 0.289 e. The highest BCUT2D eigenvalue weighted by Crippen LogP contribution is 1.88. The number of Topliss-reactive ketones (excluding diaryl/α,β-unsaturated/α-hetero) is 1. The van der Waals surface area contributed by atoms with Crippen molar-refractivity contribution >= 4 is 11.7 Å². The Hall–Kier alpha value is -0.860. The number of carbonyl (C=O) groups is 2. The second kappa shape index (κ2) is 4.04. The lowest BCUT2D eigenvalue weighted by molar-refractivity contribution is -0.143. The van der Waals surface area contributed by atoms with Gasteiger partial charge in [-0.3, -0.25) is 9.59 Å². The zero-order chi connectivity index (χ0) is 8.15. The van der Waals surface area contributed by atoms with Crippen molar-refractivity contribution in [2.75, 3.05) is 13.6 Å². The summed E-state index contributed by atoms with van der Waals surface area (Å²) >= 11 is 0. The molecule has 0 fully saturated rings. The van der Waals surface area contributed by atoms with Gasteiger partial charge in [0, 0.05) is 20.0 Å². The number of likely N-dealkylation sites (N-methyl/N-ethyl adjacent to an activating group) is 1. The van der Waals surface area contributed by atoms with Gasteiger partial charge in [-0.05, 0) is 6.92 Å². The first kappa shape index (κ1) is 9.14. The van der Waals surface area contributed by atoms with E-state index in [-0.39, 0.29) is 11.7 Å². The maximum absolute atomic E-state index is 10.9. The Balaban J connectivity index is 3.95. The predicted molar refractivity (Wildman–Crippen MR) is 38.6 cm³/mol. The minimum absolute atomic E-state index is 0.295. The van der Waals surface area contributed by atoms with E-state index < -0.39 is 0 Å². The van der Waals surface area contributed by atoms with Gasteiger partial charge in [-0.1, -0.05) is 6.92 Å². The summed E-state index contributed by atoms with van der Waals surface area (Å²) in [6, 6.07) is 0. The van der Waals surface area contributed by atoms with Crippen LogP contribution >= 0.6 is 0 Å². The van der Waals surface area contributed by atoms with Gasteiger partial charge in [-0.25, -0.2) is 0 Å². The van der Waals surface area contributed by atoms with Crippen LogP contribution in [0.15, 0.2) is 0 Å². The van der Waals surface area contributed by atoms with Crippen molar-refractivity contribution in [1.29, 1.82) is 0 Å². The Labute approximate surface area is 61.0 Å². The number of carbonyl (C=O) groups excluding carboxylic acids is 2. The molecule has 0 saturated heterocycles. The molecule has 0 saturated carbocycles. The number of hydrogen-bond donors (Lipinski definition) is 0. The van der Waals surface area contributed by atoms with E-state index in [4.69, 9.17) is 0 Å². The van der Waals surface area contributed by atoms with E-state index in [1.165, 1.54) is 4.90 Å². The largest absolute Gasteiger partial charge is 0.339 e. The van der Waals surface area contributed by atoms with Crippen LogP contribution < -0.4 is 0 Å². The molecule has 0 rings (SSSR count). The van der Waals surface area contributed by atoms with Crippen LogP contribution in [-0.4, -0.2) is 30.2 Å². The summed E-state index contributed by atoms with van der Waals surface area (Å²) in [5.41, 5.74) is 0. The zero-order valence-electron chi connectivity index (χ0n) is 6.68. The van der Waals surface area contributed by atoms with Crippen molar-refractivity contribution in [3.63, 3.8) is 0 Å². The number of hydrogen-bond acceptors (Lipinski definition) is 2. The Kier molecular flexibility index (Phi) is 3.69. The molecule has 0 heterocycles. The van der Waals surface area contributed by atoms with E-state index in [2.05, 4.69) is 0 Å². The fourth-order valence-corrected chi connectivity index (χ4v) is 0.508. The first-order valence-electron chi connectivity index (χ1n) is 3.41. The van der Waals surface area contributed by atoms with Crippen LogP contribution in [0.2, 0.25) is 0 Å². The molecular weight excluding hydrogens is 130 g/mol. The van der Waals surface area contributed by atoms with Gasteiger partial charge in [-0.2, -0.15) is 0 Å². The lowest BCUT2D eigenvalue weighted by Gasteiger charge is -2.11. The van der Waals surface area contributed by atoms with Gasteiger partial charge in [0.1, 0.15) is 0 Å². The van der Waals surface area contributed by atoms with Crippen LogP contribution in [0.1, 0.15) is 20.3 Å². The fraction of sp³-hybridized carbons (Fsp3) is 0.714. The lowest BCUT2D eigenvalue weighted by Crippen LogP contribution is -2.32. The minimum Gasteiger partial charge on any atom is -0.339 e. The third kappa shape index (κ3) is 2.17. The van der Waals surface area contributed by atoms with Crippen molar-refractivity contribution in [1.82, 2.24) is 4.90 Å². The summed E-state index contributed by atoms with van der Waals surface area (Å²) in [5.74, 6) is -0.700. The molecule has 3 heteroatoms. The molecule has 0 aromatic rings. The van der Waals surface area contributed by atoms with E-state index in [1.807, 2.05) is 6.92 Å². The predicted octanol–water partition coefficient (Wildman–Crippen LogP) is 0.444. The van der Waals surface area contributed by atoms with Crippen molar-refractivity contribution in [2.45, 2.75) is 20.3 Å². The molecule has 0 aromatic carbocycles. The fourth-order valence-electron chi connectivity index (χ4n) is 0.508. The third-order valence-corrected chi connectivity index (χ3v) is 1.38. The Morgan fingerprint density at radius 3 is 2.10 bits per heavy atom. The van der Waals surface area contributed by atoms with Crippen molar-refractivity contribution < 1.29 is 9.59 Å². The molecule has 0 aliphatic heterocycles. The number of ketones is 1. The Morgan fingerprint density at radius 2 is 1.80 bits per heavy atom. The monoisotopic (exact) mass is 143 g/mol. The molecule has 0 radical (unpaired) electrons. The summed E-state index contributed by atoms with van der Waals surface area (Å²) < 4.78 is 0. The van der Waals surface area contributed by atoms with Crippen molar-refractivity contribution in [3.8, 4) is 0 Å². The highest BCUT2D eigenvalue weighted by molar-refractivity contribution is 6.35. The topological polar surface area (TPSA) is 37.4 Å². The van der Waals surface area contributed by atoms with Gasteiger partial charge in [0.15, 0.2) is 0 Å². The molecule has 1 amide bonds. The lowest BCUT2D eigenvalue weighted by atomic mass is 10.3. The molecule has 0 aliphatic rings. The standard InChI is InChI=1S/C7H13NO2/c1-4-6(9)7(10)8(3)5-2/h4-5H2,1-3H3. The first-order chi connectivity index (χ1) is 4.63. The molecule has 0 N–H and O–H groups in total. The quantitative estimate of drug-likeness (QED) is 0.538. The maximum atomic E-state index is 10.9. The second-order valence-electron chi connectivity index (χ2n) is 2.10. The third-order valence-electron chi connectivity index (χ3n) is 1.38. The van der Waals surface area contributed by atoms with Gasteiger partial charge in [0.2, 0.25) is 5.78 Å². The van der Waals surface area contributed by atoms with E-state index in [0.29, 0.717) is 13.0 Å². The van der Waals surface area contributed by atoms with E-state index in [1.54, 1.807) is 14.0 Å². The number of amides is 1. The summed E-state index contributed by atoms with van der Waals surface area (Å²) in [6.07, 6.45) is 0.295. The average molecular weight is 143 g/mol. The van der Waals surface area contributed by atoms with Gasteiger partial charge in [0.25, 0.3) is 5.91 Å². The summed E-state index contributed by atoms with van der Waals surface area (Å²) in [7, 11) is 1.62. The van der Waals surface area contributed by atoms with Crippen molar-refractivity contribution in [3.05, 3.63) is 0 Å². The number of nitrogens with zero attached hydrogens (tertiary/aromatic N) is 1. The van der Waals surface area contributed by atoms with Gasteiger partial charge in [-0.15, -0.1) is 0 Å². The first-order valence-corrected chi connectivity index (χ1v) is 3.41. The van der Waals surface area contributed by atoms with Crippen molar-refractivity contribution in [2.24, 2.45) is 0 Å². The van der Waals surface area contributed by atoms with E-state index >= 15 is 0 Å². The second-order valence-corrected chi connectivity index (χ2v) is 2.10. The average Bonchev–Trinajstić information content (AvgIpc) is 2.00. The van der Waals surface area contributed by atoms with Crippen LogP contribution in [-0.2, 0) is 9.59 Å². The van der Waals surface area contributed by atoms with E-state index in [9.17, 15) is 9.59 Å². The van der Waals surface area contributed by atoms with Crippen LogP contribution in [0.25, 0.3) is 0 Å². The summed E-state index contributed by atoms with van der Waals surface area (Å²) in [6.45, 7) is 4.11. The zero-order valence-corrected chi connectivity index (χ0v) is 6.68. The molecular formula is C7H13NO2. The van der Waals surface area contributed by atoms with Crippen LogP contribution in [0.5, 0.6) is 0 Å². The molecule has 10 heavy (non-hydrogen) atoms. The summed E-state index contributed by atoms with van der Waals surface area (Å²) in [5, 5.41) is 0. The summed E-state index contributed by atoms with van der Waals surface area (Å²) in [4.78, 5) is 23.0. The highest BCUT2D eigenvalue weighted by atomic mass is 16.2. The molecule has 0 bridgehead atoms. The van der Waals surface area contributed by atoms with Crippen LogP contribution in [0, 0.1) is 0 Å². The van der Waals surface area contributed by atoms with E-state index in [0.717, 1.165) is 0 Å². The normalized spacial score (nSPS) is 9.10. The Morgan fingerprint density at radius 1 is 1.30 bits per heavy atom. The SMILES string of the molecule is CCC(=O)C(=O)N(C)CC. The van der Waals surface area contributed by atoms with Crippen LogP contribution in [0.4, 0.5) is 0 Å². The minimum atomic E-state index is -0.384. The molecule has 0 spiro atoms. The highest BCUT2D eigenvalue weighted by Gasteiger charge is 2.13. The van der Waals surface area contributed by atoms with Gasteiger partial charge < -0.3 is 4.90 Å². The molecule has 58 valence electrons.